The molecule has 0 bridgehead atoms. The molecule has 3 rings (SSSR count). The zero-order chi connectivity index (χ0) is 14.7. The summed E-state index contributed by atoms with van der Waals surface area (Å²) in [6, 6.07) is 3.95. The van der Waals surface area contributed by atoms with Crippen LogP contribution in [0.15, 0.2) is 22.8 Å². The summed E-state index contributed by atoms with van der Waals surface area (Å²) >= 11 is 0. The molecule has 1 amide bonds. The molecule has 0 aromatic carbocycles. The van der Waals surface area contributed by atoms with Crippen LogP contribution in [-0.4, -0.2) is 54.5 Å². The summed E-state index contributed by atoms with van der Waals surface area (Å²) in [6.07, 6.45) is 4.95. The molecule has 2 unspecified atom stereocenters. The fourth-order valence-electron chi connectivity index (χ4n) is 3.48. The highest BCUT2D eigenvalue weighted by Gasteiger charge is 2.38. The van der Waals surface area contributed by atoms with Crippen LogP contribution in [0.2, 0.25) is 0 Å². The number of piperazine rings is 1. The second-order valence-corrected chi connectivity index (χ2v) is 5.95. The van der Waals surface area contributed by atoms with E-state index < -0.39 is 0 Å². The average molecular weight is 291 g/mol. The normalized spacial score (nSPS) is 25.2. The summed E-state index contributed by atoms with van der Waals surface area (Å²) in [4.78, 5) is 17.3. The SMILES string of the molecule is CCC1CNCCN1C(C(=O)N1CCCC1)c1ccco1. The quantitative estimate of drug-likeness (QED) is 0.916. The minimum absolute atomic E-state index is 0.211. The van der Waals surface area contributed by atoms with E-state index in [0.717, 1.165) is 57.7 Å². The zero-order valence-corrected chi connectivity index (χ0v) is 12.8. The number of nitrogens with zero attached hydrogens (tertiary/aromatic N) is 2. The molecule has 1 aromatic heterocycles. The molecule has 21 heavy (non-hydrogen) atoms. The van der Waals surface area contributed by atoms with Gasteiger partial charge in [-0.25, -0.2) is 0 Å². The summed E-state index contributed by atoms with van der Waals surface area (Å²) in [5, 5.41) is 3.43. The van der Waals surface area contributed by atoms with Gasteiger partial charge in [-0.15, -0.1) is 0 Å². The smallest absolute Gasteiger partial charge is 0.247 e. The molecule has 0 saturated carbocycles. The Hall–Kier alpha value is -1.33. The Labute approximate surface area is 126 Å². The highest BCUT2D eigenvalue weighted by Crippen LogP contribution is 2.29. The van der Waals surface area contributed by atoms with Crippen molar-refractivity contribution in [3.05, 3.63) is 24.2 Å². The first kappa shape index (κ1) is 14.6. The van der Waals surface area contributed by atoms with Crippen molar-refractivity contribution >= 4 is 5.91 Å². The van der Waals surface area contributed by atoms with Crippen molar-refractivity contribution in [1.82, 2.24) is 15.1 Å². The predicted molar refractivity (Wildman–Crippen MR) is 80.9 cm³/mol. The fourth-order valence-corrected chi connectivity index (χ4v) is 3.48. The van der Waals surface area contributed by atoms with Crippen LogP contribution in [0.4, 0.5) is 0 Å². The maximum Gasteiger partial charge on any atom is 0.247 e. The summed E-state index contributed by atoms with van der Waals surface area (Å²) in [7, 11) is 0. The standard InChI is InChI=1S/C16H25N3O2/c1-2-13-12-17-7-10-19(13)15(14-6-5-11-21-14)16(20)18-8-3-4-9-18/h5-6,11,13,15,17H,2-4,7-10,12H2,1H3. The van der Waals surface area contributed by atoms with Crippen molar-refractivity contribution in [2.24, 2.45) is 0 Å². The predicted octanol–water partition coefficient (Wildman–Crippen LogP) is 1.63. The van der Waals surface area contributed by atoms with Gasteiger partial charge in [0.2, 0.25) is 5.91 Å². The van der Waals surface area contributed by atoms with E-state index in [9.17, 15) is 4.79 Å². The lowest BCUT2D eigenvalue weighted by Crippen LogP contribution is -2.55. The summed E-state index contributed by atoms with van der Waals surface area (Å²) in [6.45, 7) is 6.73. The number of hydrogen-bond donors (Lipinski definition) is 1. The van der Waals surface area contributed by atoms with Crippen molar-refractivity contribution in [3.8, 4) is 0 Å². The van der Waals surface area contributed by atoms with Crippen molar-refractivity contribution in [3.63, 3.8) is 0 Å². The Kier molecular flexibility index (Phi) is 4.60. The first-order valence-electron chi connectivity index (χ1n) is 8.10. The molecule has 3 heterocycles. The van der Waals surface area contributed by atoms with Gasteiger partial charge in [0.05, 0.1) is 6.26 Å². The zero-order valence-electron chi connectivity index (χ0n) is 12.8. The number of nitrogens with one attached hydrogen (secondary N) is 1. The van der Waals surface area contributed by atoms with E-state index in [1.165, 1.54) is 0 Å². The number of amides is 1. The number of hydrogen-bond acceptors (Lipinski definition) is 4. The van der Waals surface area contributed by atoms with Crippen molar-refractivity contribution in [1.29, 1.82) is 0 Å². The van der Waals surface area contributed by atoms with Crippen LogP contribution >= 0.6 is 0 Å². The molecule has 2 atom stereocenters. The van der Waals surface area contributed by atoms with E-state index >= 15 is 0 Å². The molecule has 0 radical (unpaired) electrons. The average Bonchev–Trinajstić information content (AvgIpc) is 3.21. The molecule has 0 spiro atoms. The van der Waals surface area contributed by atoms with Gasteiger partial charge in [-0.05, 0) is 31.4 Å². The van der Waals surface area contributed by atoms with Gasteiger partial charge in [0.25, 0.3) is 0 Å². The minimum Gasteiger partial charge on any atom is -0.467 e. The van der Waals surface area contributed by atoms with E-state index in [4.69, 9.17) is 4.42 Å². The van der Waals surface area contributed by atoms with Crippen molar-refractivity contribution < 1.29 is 9.21 Å². The summed E-state index contributed by atoms with van der Waals surface area (Å²) in [5.74, 6) is 0.995. The van der Waals surface area contributed by atoms with Gasteiger partial charge < -0.3 is 14.6 Å². The Morgan fingerprint density at radius 1 is 1.43 bits per heavy atom. The number of carbonyl (C=O) groups is 1. The molecule has 2 aliphatic rings. The van der Waals surface area contributed by atoms with E-state index in [-0.39, 0.29) is 11.9 Å². The van der Waals surface area contributed by atoms with Crippen molar-refractivity contribution in [2.75, 3.05) is 32.7 Å². The highest BCUT2D eigenvalue weighted by molar-refractivity contribution is 5.83. The molecule has 5 heteroatoms. The van der Waals surface area contributed by atoms with Crippen LogP contribution in [0.1, 0.15) is 38.0 Å². The Morgan fingerprint density at radius 3 is 2.90 bits per heavy atom. The lowest BCUT2D eigenvalue weighted by molar-refractivity contribution is -0.138. The first-order chi connectivity index (χ1) is 10.3. The maximum absolute atomic E-state index is 13.0. The Morgan fingerprint density at radius 2 is 2.24 bits per heavy atom. The van der Waals surface area contributed by atoms with Gasteiger partial charge in [0, 0.05) is 38.8 Å². The fraction of sp³-hybridized carbons (Fsp3) is 0.688. The molecule has 5 nitrogen and oxygen atoms in total. The van der Waals surface area contributed by atoms with Crippen LogP contribution in [-0.2, 0) is 4.79 Å². The second-order valence-electron chi connectivity index (χ2n) is 5.95. The van der Waals surface area contributed by atoms with Gasteiger partial charge in [-0.1, -0.05) is 6.92 Å². The summed E-state index contributed by atoms with van der Waals surface area (Å²) < 4.78 is 5.61. The van der Waals surface area contributed by atoms with Gasteiger partial charge in [0.15, 0.2) is 0 Å². The van der Waals surface area contributed by atoms with Gasteiger partial charge in [-0.2, -0.15) is 0 Å². The molecular weight excluding hydrogens is 266 g/mol. The number of furan rings is 1. The second kappa shape index (κ2) is 6.62. The van der Waals surface area contributed by atoms with E-state index in [1.54, 1.807) is 6.26 Å². The van der Waals surface area contributed by atoms with Crippen LogP contribution in [0.3, 0.4) is 0 Å². The van der Waals surface area contributed by atoms with E-state index in [1.807, 2.05) is 17.0 Å². The van der Waals surface area contributed by atoms with Crippen LogP contribution in [0.25, 0.3) is 0 Å². The lowest BCUT2D eigenvalue weighted by Gasteiger charge is -2.40. The van der Waals surface area contributed by atoms with Gasteiger partial charge >= 0.3 is 0 Å². The molecule has 116 valence electrons. The van der Waals surface area contributed by atoms with Crippen LogP contribution < -0.4 is 5.32 Å². The van der Waals surface area contributed by atoms with E-state index in [0.29, 0.717) is 6.04 Å². The van der Waals surface area contributed by atoms with E-state index in [2.05, 4.69) is 17.1 Å². The molecule has 2 saturated heterocycles. The Balaban J connectivity index is 1.86. The lowest BCUT2D eigenvalue weighted by atomic mass is 10.0. The third-order valence-electron chi connectivity index (χ3n) is 4.66. The molecule has 1 N–H and O–H groups in total. The van der Waals surface area contributed by atoms with Crippen molar-refractivity contribution in [2.45, 2.75) is 38.3 Å². The summed E-state index contributed by atoms with van der Waals surface area (Å²) in [5.41, 5.74) is 0. The van der Waals surface area contributed by atoms with Crippen LogP contribution in [0, 0.1) is 0 Å². The number of carbonyl (C=O) groups excluding carboxylic acids is 1. The Bertz CT molecular complexity index is 454. The van der Waals surface area contributed by atoms with Crippen LogP contribution in [0.5, 0.6) is 0 Å². The third kappa shape index (κ3) is 2.99. The molecular formula is C16H25N3O2. The monoisotopic (exact) mass is 291 g/mol. The number of rotatable bonds is 4. The topological polar surface area (TPSA) is 48.7 Å². The number of likely N-dealkylation sites (tertiary alicyclic amines) is 1. The van der Waals surface area contributed by atoms with Gasteiger partial charge in [0.1, 0.15) is 11.8 Å². The highest BCUT2D eigenvalue weighted by atomic mass is 16.3. The largest absolute Gasteiger partial charge is 0.467 e. The molecule has 0 aliphatic carbocycles. The van der Waals surface area contributed by atoms with Gasteiger partial charge in [-0.3, -0.25) is 9.69 Å². The maximum atomic E-state index is 13.0. The first-order valence-corrected chi connectivity index (χ1v) is 8.10. The molecule has 1 aromatic rings. The molecule has 2 aliphatic heterocycles. The molecule has 2 fully saturated rings. The minimum atomic E-state index is -0.259. The third-order valence-corrected chi connectivity index (χ3v) is 4.66.